The molecule has 106 valence electrons. The van der Waals surface area contributed by atoms with E-state index in [1.165, 1.54) is 25.2 Å². The molecule has 1 aromatic rings. The molecule has 0 fully saturated rings. The summed E-state index contributed by atoms with van der Waals surface area (Å²) in [6.07, 6.45) is -3.69. The summed E-state index contributed by atoms with van der Waals surface area (Å²) < 4.78 is 50.3. The molecule has 1 aromatic carbocycles. The first kappa shape index (κ1) is 14.0. The van der Waals surface area contributed by atoms with Gasteiger partial charge in [-0.25, -0.2) is 0 Å². The fraction of sp³-hybridized carbons (Fsp3) is 0.538. The Balaban J connectivity index is 2.43. The van der Waals surface area contributed by atoms with Crippen LogP contribution >= 0.6 is 0 Å². The molecular formula is C13H16F3NO2. The predicted molar refractivity (Wildman–Crippen MR) is 64.5 cm³/mol. The van der Waals surface area contributed by atoms with E-state index in [-0.39, 0.29) is 5.56 Å². The van der Waals surface area contributed by atoms with Gasteiger partial charge in [0.25, 0.3) is 0 Å². The number of ether oxygens (including phenoxy) is 2. The van der Waals surface area contributed by atoms with Crippen LogP contribution in [0.2, 0.25) is 0 Å². The maximum Gasteiger partial charge on any atom is 0.410 e. The number of hydrogen-bond acceptors (Lipinski definition) is 3. The molecule has 0 bridgehead atoms. The third-order valence-corrected chi connectivity index (χ3v) is 3.39. The standard InChI is InChI=1S/C13H16F3NO2/c1-12(17-2,13(14,15)16)9-4-5-10-11(8-9)19-7-3-6-18-10/h4-5,8,17H,3,6-7H2,1-2H3. The first-order valence-corrected chi connectivity index (χ1v) is 6.04. The van der Waals surface area contributed by atoms with Crippen LogP contribution in [0.15, 0.2) is 18.2 Å². The summed E-state index contributed by atoms with van der Waals surface area (Å²) in [5, 5.41) is 2.34. The Morgan fingerprint density at radius 3 is 2.32 bits per heavy atom. The molecule has 1 aliphatic rings. The minimum Gasteiger partial charge on any atom is -0.490 e. The van der Waals surface area contributed by atoms with Gasteiger partial charge in [0.15, 0.2) is 11.5 Å². The second-order valence-corrected chi connectivity index (χ2v) is 4.58. The largest absolute Gasteiger partial charge is 0.490 e. The number of fused-ring (bicyclic) bond motifs is 1. The molecule has 0 aliphatic carbocycles. The van der Waals surface area contributed by atoms with E-state index in [4.69, 9.17) is 9.47 Å². The summed E-state index contributed by atoms with van der Waals surface area (Å²) in [7, 11) is 1.29. The number of alkyl halides is 3. The zero-order chi connectivity index (χ0) is 14.1. The lowest BCUT2D eigenvalue weighted by atomic mass is 9.91. The normalized spacial score (nSPS) is 18.6. The van der Waals surface area contributed by atoms with Crippen LogP contribution in [0.5, 0.6) is 11.5 Å². The monoisotopic (exact) mass is 275 g/mol. The Bertz CT molecular complexity index is 462. The molecule has 0 radical (unpaired) electrons. The summed E-state index contributed by atoms with van der Waals surface area (Å²) in [6.45, 7) is 2.06. The average molecular weight is 275 g/mol. The Labute approximate surface area is 109 Å². The Morgan fingerprint density at radius 2 is 1.74 bits per heavy atom. The van der Waals surface area contributed by atoms with Gasteiger partial charge in [-0.1, -0.05) is 6.07 Å². The van der Waals surface area contributed by atoms with Crippen molar-refractivity contribution in [3.63, 3.8) is 0 Å². The molecule has 2 rings (SSSR count). The van der Waals surface area contributed by atoms with Crippen molar-refractivity contribution in [1.29, 1.82) is 0 Å². The van der Waals surface area contributed by atoms with Gasteiger partial charge in [-0.05, 0) is 31.7 Å². The molecule has 3 nitrogen and oxygen atoms in total. The van der Waals surface area contributed by atoms with Gasteiger partial charge >= 0.3 is 6.18 Å². The van der Waals surface area contributed by atoms with Gasteiger partial charge in [0.2, 0.25) is 0 Å². The molecule has 1 aliphatic heterocycles. The highest BCUT2D eigenvalue weighted by atomic mass is 19.4. The fourth-order valence-corrected chi connectivity index (χ4v) is 1.92. The highest BCUT2D eigenvalue weighted by Crippen LogP contribution is 2.41. The molecule has 1 heterocycles. The van der Waals surface area contributed by atoms with Gasteiger partial charge < -0.3 is 14.8 Å². The van der Waals surface area contributed by atoms with Crippen molar-refractivity contribution in [2.75, 3.05) is 20.3 Å². The first-order chi connectivity index (χ1) is 8.88. The Kier molecular flexibility index (Phi) is 3.62. The Morgan fingerprint density at radius 1 is 1.11 bits per heavy atom. The molecule has 0 aromatic heterocycles. The summed E-state index contributed by atoms with van der Waals surface area (Å²) in [5.41, 5.74) is -2.01. The molecule has 1 N–H and O–H groups in total. The van der Waals surface area contributed by atoms with Crippen LogP contribution in [-0.4, -0.2) is 26.4 Å². The molecule has 19 heavy (non-hydrogen) atoms. The van der Waals surface area contributed by atoms with Crippen LogP contribution in [0.3, 0.4) is 0 Å². The van der Waals surface area contributed by atoms with Crippen LogP contribution < -0.4 is 14.8 Å². The molecule has 1 atom stereocenters. The molecule has 0 spiro atoms. The number of hydrogen-bond donors (Lipinski definition) is 1. The van der Waals surface area contributed by atoms with Crippen molar-refractivity contribution in [1.82, 2.24) is 5.32 Å². The van der Waals surface area contributed by atoms with Gasteiger partial charge in [0.1, 0.15) is 5.54 Å². The minimum atomic E-state index is -4.40. The zero-order valence-electron chi connectivity index (χ0n) is 10.8. The fourth-order valence-electron chi connectivity index (χ4n) is 1.92. The van der Waals surface area contributed by atoms with Crippen LogP contribution in [0.1, 0.15) is 18.9 Å². The minimum absolute atomic E-state index is 0.103. The molecular weight excluding hydrogens is 259 g/mol. The van der Waals surface area contributed by atoms with E-state index in [1.54, 1.807) is 0 Å². The lowest BCUT2D eigenvalue weighted by Crippen LogP contribution is -2.49. The van der Waals surface area contributed by atoms with Crippen molar-refractivity contribution in [3.05, 3.63) is 23.8 Å². The van der Waals surface area contributed by atoms with Crippen LogP contribution in [0.4, 0.5) is 13.2 Å². The number of halogens is 3. The third-order valence-electron chi connectivity index (χ3n) is 3.39. The van der Waals surface area contributed by atoms with Gasteiger partial charge in [0.05, 0.1) is 13.2 Å². The van der Waals surface area contributed by atoms with Gasteiger partial charge in [-0.15, -0.1) is 0 Å². The van der Waals surface area contributed by atoms with Crippen molar-refractivity contribution in [2.45, 2.75) is 25.1 Å². The van der Waals surface area contributed by atoms with E-state index in [2.05, 4.69) is 5.32 Å². The third kappa shape index (κ3) is 2.49. The maximum absolute atomic E-state index is 13.2. The van der Waals surface area contributed by atoms with Crippen molar-refractivity contribution >= 4 is 0 Å². The quantitative estimate of drug-likeness (QED) is 0.900. The van der Waals surface area contributed by atoms with Crippen LogP contribution in [0.25, 0.3) is 0 Å². The van der Waals surface area contributed by atoms with E-state index in [0.29, 0.717) is 31.1 Å². The maximum atomic E-state index is 13.2. The molecule has 6 heteroatoms. The van der Waals surface area contributed by atoms with Crippen molar-refractivity contribution in [3.8, 4) is 11.5 Å². The van der Waals surface area contributed by atoms with E-state index in [0.717, 1.165) is 6.92 Å². The van der Waals surface area contributed by atoms with E-state index < -0.39 is 11.7 Å². The number of rotatable bonds is 2. The molecule has 1 unspecified atom stereocenters. The number of nitrogens with one attached hydrogen (secondary N) is 1. The second-order valence-electron chi connectivity index (χ2n) is 4.58. The van der Waals surface area contributed by atoms with Gasteiger partial charge in [-0.2, -0.15) is 13.2 Å². The summed E-state index contributed by atoms with van der Waals surface area (Å²) >= 11 is 0. The highest BCUT2D eigenvalue weighted by Gasteiger charge is 2.51. The zero-order valence-corrected chi connectivity index (χ0v) is 10.8. The lowest BCUT2D eigenvalue weighted by molar-refractivity contribution is -0.193. The highest BCUT2D eigenvalue weighted by molar-refractivity contribution is 5.45. The summed E-state index contributed by atoms with van der Waals surface area (Å²) in [6, 6.07) is 4.33. The van der Waals surface area contributed by atoms with E-state index in [9.17, 15) is 13.2 Å². The van der Waals surface area contributed by atoms with Crippen molar-refractivity contribution in [2.24, 2.45) is 0 Å². The molecule has 0 amide bonds. The van der Waals surface area contributed by atoms with Gasteiger partial charge in [0, 0.05) is 6.42 Å². The topological polar surface area (TPSA) is 30.5 Å². The second kappa shape index (κ2) is 4.92. The van der Waals surface area contributed by atoms with Crippen molar-refractivity contribution < 1.29 is 22.6 Å². The van der Waals surface area contributed by atoms with Gasteiger partial charge in [-0.3, -0.25) is 0 Å². The summed E-state index contributed by atoms with van der Waals surface area (Å²) in [5.74, 6) is 0.850. The van der Waals surface area contributed by atoms with E-state index >= 15 is 0 Å². The first-order valence-electron chi connectivity index (χ1n) is 6.04. The predicted octanol–water partition coefficient (Wildman–Crippen LogP) is 2.84. The van der Waals surface area contributed by atoms with E-state index in [1.807, 2.05) is 0 Å². The van der Waals surface area contributed by atoms with Crippen LogP contribution in [0, 0.1) is 0 Å². The lowest BCUT2D eigenvalue weighted by Gasteiger charge is -2.32. The smallest absolute Gasteiger partial charge is 0.410 e. The SMILES string of the molecule is CNC(C)(c1ccc2c(c1)OCCCO2)C(F)(F)F. The molecule has 0 saturated carbocycles. The summed E-state index contributed by atoms with van der Waals surface area (Å²) in [4.78, 5) is 0. The number of benzene rings is 1. The molecule has 0 saturated heterocycles. The Hall–Kier alpha value is -1.43. The average Bonchev–Trinajstić information content (AvgIpc) is 2.60. The van der Waals surface area contributed by atoms with Crippen LogP contribution in [-0.2, 0) is 5.54 Å².